The second-order valence-corrected chi connectivity index (χ2v) is 7.76. The van der Waals surface area contributed by atoms with Crippen molar-refractivity contribution in [2.75, 3.05) is 0 Å². The maximum absolute atomic E-state index is 12.4. The quantitative estimate of drug-likeness (QED) is 0.722. The van der Waals surface area contributed by atoms with E-state index in [1.165, 1.54) is 18.8 Å². The topological polar surface area (TPSA) is 72.7 Å². The maximum Gasteiger partial charge on any atom is 0.293 e. The lowest BCUT2D eigenvalue weighted by Gasteiger charge is -2.10. The minimum atomic E-state index is -0.329. The van der Waals surface area contributed by atoms with Crippen LogP contribution in [0.4, 0.5) is 0 Å². The van der Waals surface area contributed by atoms with Crippen LogP contribution in [-0.4, -0.2) is 24.6 Å². The highest BCUT2D eigenvalue weighted by Gasteiger charge is 2.19. The average molecular weight is 365 g/mol. The summed E-state index contributed by atoms with van der Waals surface area (Å²) in [7, 11) is 1.51. The predicted octanol–water partition coefficient (Wildman–Crippen LogP) is 2.63. The number of hydrogen-bond donors (Lipinski definition) is 1. The highest BCUT2D eigenvalue weighted by atomic mass is 35.5. The molecule has 3 rings (SSSR count). The first-order chi connectivity index (χ1) is 11.4. The number of aromatic amines is 1. The van der Waals surface area contributed by atoms with Gasteiger partial charge >= 0.3 is 0 Å². The molecule has 2 aromatic heterocycles. The molecule has 0 amide bonds. The highest BCUT2D eigenvalue weighted by Crippen LogP contribution is 2.25. The lowest BCUT2D eigenvalue weighted by atomic mass is 10.2. The van der Waals surface area contributed by atoms with Crippen LogP contribution < -0.4 is 11.1 Å². The summed E-state index contributed by atoms with van der Waals surface area (Å²) in [5, 5.41) is 4.12. The molecule has 0 saturated carbocycles. The van der Waals surface area contributed by atoms with E-state index in [0.29, 0.717) is 22.2 Å². The lowest BCUT2D eigenvalue weighted by molar-refractivity contribution is 0.693. The molecule has 1 aromatic carbocycles. The fraction of sp³-hybridized carbons (Fsp3) is 0.312. The molecule has 1 N–H and O–H groups in total. The van der Waals surface area contributed by atoms with E-state index >= 15 is 0 Å². The van der Waals surface area contributed by atoms with Crippen LogP contribution in [0.3, 0.4) is 0 Å². The van der Waals surface area contributed by atoms with Crippen molar-refractivity contribution < 1.29 is 0 Å². The smallest absolute Gasteiger partial charge is 0.293 e. The number of aromatic nitrogens is 4. The van der Waals surface area contributed by atoms with Crippen molar-refractivity contribution in [3.05, 3.63) is 55.6 Å². The van der Waals surface area contributed by atoms with Crippen LogP contribution in [0, 0.1) is 0 Å². The summed E-state index contributed by atoms with van der Waals surface area (Å²) >= 11 is 7.45. The number of nitrogens with one attached hydrogen (secondary N) is 1. The van der Waals surface area contributed by atoms with Gasteiger partial charge in [-0.25, -0.2) is 4.98 Å². The van der Waals surface area contributed by atoms with Crippen molar-refractivity contribution in [3.8, 4) is 0 Å². The Balaban J connectivity index is 2.23. The Hall–Kier alpha value is -1.99. The number of thioether (sulfide) groups is 1. The number of nitrogens with zero attached hydrogens (tertiary/aromatic N) is 3. The molecule has 0 radical (unpaired) electrons. The van der Waals surface area contributed by atoms with Crippen LogP contribution in [0.15, 0.2) is 39.0 Å². The van der Waals surface area contributed by atoms with E-state index in [0.717, 1.165) is 10.2 Å². The average Bonchev–Trinajstić information content (AvgIpc) is 2.85. The van der Waals surface area contributed by atoms with Gasteiger partial charge in [0.2, 0.25) is 0 Å². The minimum absolute atomic E-state index is 0.193. The van der Waals surface area contributed by atoms with E-state index in [9.17, 15) is 9.59 Å². The summed E-state index contributed by atoms with van der Waals surface area (Å²) in [6.45, 7) is 4.52. The standard InChI is InChI=1S/C16H17ClN4O2S/c1-9(2)24-16-18-12-13(14(22)19-20(3)15(12)23)21(16)8-10-4-6-11(17)7-5-10/h4-7,9H,8H2,1-3H3,(H,19,22). The van der Waals surface area contributed by atoms with Crippen LogP contribution >= 0.6 is 23.4 Å². The molecule has 24 heavy (non-hydrogen) atoms. The Morgan fingerprint density at radius 2 is 1.92 bits per heavy atom. The first kappa shape index (κ1) is 16.9. The van der Waals surface area contributed by atoms with Gasteiger partial charge in [0.25, 0.3) is 11.1 Å². The van der Waals surface area contributed by atoms with E-state index in [1.807, 2.05) is 26.0 Å². The number of hydrogen-bond acceptors (Lipinski definition) is 4. The van der Waals surface area contributed by atoms with Crippen LogP contribution in [0.1, 0.15) is 19.4 Å². The molecule has 0 atom stereocenters. The van der Waals surface area contributed by atoms with Gasteiger partial charge in [-0.15, -0.1) is 0 Å². The Labute approximate surface area is 147 Å². The molecule has 0 aliphatic rings. The van der Waals surface area contributed by atoms with Crippen molar-refractivity contribution in [1.82, 2.24) is 19.3 Å². The Morgan fingerprint density at radius 3 is 2.54 bits per heavy atom. The van der Waals surface area contributed by atoms with Gasteiger partial charge in [0.1, 0.15) is 5.52 Å². The third-order valence-corrected chi connectivity index (χ3v) is 4.77. The van der Waals surface area contributed by atoms with Gasteiger partial charge in [0.05, 0.1) is 6.54 Å². The monoisotopic (exact) mass is 364 g/mol. The third kappa shape index (κ3) is 3.14. The molecule has 0 fully saturated rings. The number of imidazole rings is 1. The molecule has 0 unspecified atom stereocenters. The fourth-order valence-electron chi connectivity index (χ4n) is 2.45. The van der Waals surface area contributed by atoms with E-state index in [4.69, 9.17) is 11.6 Å². The normalized spacial score (nSPS) is 11.5. The number of fused-ring (bicyclic) bond motifs is 1. The summed E-state index contributed by atoms with van der Waals surface area (Å²) in [5.41, 5.74) is 0.827. The number of H-pyrrole nitrogens is 1. The summed E-state index contributed by atoms with van der Waals surface area (Å²) in [5.74, 6) is 0. The van der Waals surface area contributed by atoms with Gasteiger partial charge in [-0.05, 0) is 17.7 Å². The molecule has 0 bridgehead atoms. The van der Waals surface area contributed by atoms with Gasteiger partial charge in [-0.1, -0.05) is 49.3 Å². The summed E-state index contributed by atoms with van der Waals surface area (Å²) in [6, 6.07) is 7.39. The lowest BCUT2D eigenvalue weighted by Crippen LogP contribution is -2.28. The molecule has 0 saturated heterocycles. The maximum atomic E-state index is 12.4. The van der Waals surface area contributed by atoms with E-state index in [2.05, 4.69) is 10.1 Å². The van der Waals surface area contributed by atoms with Crippen LogP contribution in [-0.2, 0) is 13.6 Å². The van der Waals surface area contributed by atoms with Gasteiger partial charge in [-0.2, -0.15) is 0 Å². The fourth-order valence-corrected chi connectivity index (χ4v) is 3.42. The van der Waals surface area contributed by atoms with E-state index in [-0.39, 0.29) is 21.9 Å². The number of aryl methyl sites for hydroxylation is 1. The first-order valence-electron chi connectivity index (χ1n) is 7.47. The number of benzene rings is 1. The second kappa shape index (κ2) is 6.49. The molecule has 6 nitrogen and oxygen atoms in total. The number of halogens is 1. The van der Waals surface area contributed by atoms with Crippen molar-refractivity contribution in [2.24, 2.45) is 7.05 Å². The summed E-state index contributed by atoms with van der Waals surface area (Å²) in [6.07, 6.45) is 0. The largest absolute Gasteiger partial charge is 0.310 e. The molecule has 8 heteroatoms. The summed E-state index contributed by atoms with van der Waals surface area (Å²) in [4.78, 5) is 29.2. The van der Waals surface area contributed by atoms with Crippen LogP contribution in [0.25, 0.3) is 11.0 Å². The SMILES string of the molecule is CC(C)Sc1nc2c(=O)n(C)[nH]c(=O)c2n1Cc1ccc(Cl)cc1. The molecule has 0 aliphatic heterocycles. The molecule has 0 spiro atoms. The van der Waals surface area contributed by atoms with Gasteiger partial charge in [-0.3, -0.25) is 19.4 Å². The van der Waals surface area contributed by atoms with Gasteiger partial charge < -0.3 is 4.57 Å². The second-order valence-electron chi connectivity index (χ2n) is 5.78. The molecular weight excluding hydrogens is 348 g/mol. The predicted molar refractivity (Wildman–Crippen MR) is 97.1 cm³/mol. The zero-order chi connectivity index (χ0) is 17.4. The molecular formula is C16H17ClN4O2S. The van der Waals surface area contributed by atoms with Crippen LogP contribution in [0.2, 0.25) is 5.02 Å². The van der Waals surface area contributed by atoms with Crippen molar-refractivity contribution >= 4 is 34.4 Å². The zero-order valence-corrected chi connectivity index (χ0v) is 15.1. The summed E-state index contributed by atoms with van der Waals surface area (Å²) < 4.78 is 2.96. The van der Waals surface area contributed by atoms with Crippen molar-refractivity contribution in [3.63, 3.8) is 0 Å². The molecule has 126 valence electrons. The highest BCUT2D eigenvalue weighted by molar-refractivity contribution is 7.99. The zero-order valence-electron chi connectivity index (χ0n) is 13.5. The Kier molecular flexibility index (Phi) is 4.56. The number of rotatable bonds is 4. The third-order valence-electron chi connectivity index (χ3n) is 3.52. The van der Waals surface area contributed by atoms with Crippen LogP contribution in [0.5, 0.6) is 0 Å². The van der Waals surface area contributed by atoms with E-state index in [1.54, 1.807) is 16.7 Å². The molecule has 0 aliphatic carbocycles. The van der Waals surface area contributed by atoms with Gasteiger partial charge in [0.15, 0.2) is 10.7 Å². The molecule has 3 aromatic rings. The first-order valence-corrected chi connectivity index (χ1v) is 8.73. The molecule has 2 heterocycles. The minimum Gasteiger partial charge on any atom is -0.310 e. The Morgan fingerprint density at radius 1 is 1.25 bits per heavy atom. The van der Waals surface area contributed by atoms with E-state index < -0.39 is 0 Å². The van der Waals surface area contributed by atoms with Crippen molar-refractivity contribution in [1.29, 1.82) is 0 Å². The van der Waals surface area contributed by atoms with Gasteiger partial charge in [0, 0.05) is 17.3 Å². The van der Waals surface area contributed by atoms with Crippen molar-refractivity contribution in [2.45, 2.75) is 30.8 Å². The Bertz CT molecular complexity index is 1000.